The van der Waals surface area contributed by atoms with Gasteiger partial charge in [-0.1, -0.05) is 36.4 Å². The second-order valence-electron chi connectivity index (χ2n) is 10.3. The maximum absolute atomic E-state index is 13.1. The molecule has 0 spiro atoms. The molecule has 0 unspecified atom stereocenters. The summed E-state index contributed by atoms with van der Waals surface area (Å²) in [5.41, 5.74) is 7.17. The summed E-state index contributed by atoms with van der Waals surface area (Å²) >= 11 is 0. The van der Waals surface area contributed by atoms with Gasteiger partial charge in [-0.25, -0.2) is 4.98 Å². The van der Waals surface area contributed by atoms with Crippen LogP contribution in [0, 0.1) is 18.3 Å². The highest BCUT2D eigenvalue weighted by atomic mass is 16.1. The molecule has 7 nitrogen and oxygen atoms in total. The lowest BCUT2D eigenvalue weighted by Gasteiger charge is -2.35. The van der Waals surface area contributed by atoms with Crippen LogP contribution in [-0.2, 0) is 6.54 Å². The Bertz CT molecular complexity index is 1730. The molecule has 0 saturated carbocycles. The number of anilines is 2. The van der Waals surface area contributed by atoms with E-state index in [-0.39, 0.29) is 5.91 Å². The number of carbonyl (C=O) groups is 1. The van der Waals surface area contributed by atoms with Crippen molar-refractivity contribution in [2.75, 3.05) is 36.4 Å². The molecule has 0 bridgehead atoms. The monoisotopic (exact) mass is 538 g/mol. The van der Waals surface area contributed by atoms with Crippen molar-refractivity contribution < 1.29 is 4.79 Å². The quantitative estimate of drug-likeness (QED) is 0.283. The zero-order valence-corrected chi connectivity index (χ0v) is 22.9. The number of nitrogens with one attached hydrogen (secondary N) is 1. The van der Waals surface area contributed by atoms with Gasteiger partial charge in [0, 0.05) is 49.9 Å². The fraction of sp³-hybridized carbons (Fsp3) is 0.176. The van der Waals surface area contributed by atoms with Crippen LogP contribution in [-0.4, -0.2) is 47.0 Å². The van der Waals surface area contributed by atoms with Gasteiger partial charge in [0.1, 0.15) is 5.82 Å². The molecular formula is C34H30N6O. The largest absolute Gasteiger partial charge is 0.354 e. The Morgan fingerprint density at radius 2 is 1.76 bits per heavy atom. The Balaban J connectivity index is 1.07. The third-order valence-corrected chi connectivity index (χ3v) is 7.66. The fourth-order valence-electron chi connectivity index (χ4n) is 5.33. The van der Waals surface area contributed by atoms with Crippen LogP contribution >= 0.6 is 0 Å². The van der Waals surface area contributed by atoms with Gasteiger partial charge in [0.05, 0.1) is 29.0 Å². The number of amides is 1. The third kappa shape index (κ3) is 5.79. The number of rotatable bonds is 6. The van der Waals surface area contributed by atoms with Crippen molar-refractivity contribution in [3.05, 3.63) is 120 Å². The van der Waals surface area contributed by atoms with Crippen molar-refractivity contribution in [1.29, 1.82) is 5.26 Å². The van der Waals surface area contributed by atoms with E-state index < -0.39 is 0 Å². The van der Waals surface area contributed by atoms with Crippen molar-refractivity contribution in [2.24, 2.45) is 0 Å². The maximum atomic E-state index is 13.1. The van der Waals surface area contributed by atoms with E-state index in [0.717, 1.165) is 60.7 Å². The number of fused-ring (bicyclic) bond motifs is 1. The lowest BCUT2D eigenvalue weighted by atomic mass is 9.97. The summed E-state index contributed by atoms with van der Waals surface area (Å²) in [5, 5.41) is 13.3. The van der Waals surface area contributed by atoms with Crippen molar-refractivity contribution in [3.63, 3.8) is 0 Å². The van der Waals surface area contributed by atoms with E-state index in [2.05, 4.69) is 55.4 Å². The number of aryl methyl sites for hydroxylation is 1. The fourth-order valence-corrected chi connectivity index (χ4v) is 5.33. The minimum absolute atomic E-state index is 0.188. The van der Waals surface area contributed by atoms with Gasteiger partial charge in [0.2, 0.25) is 0 Å². The smallest absolute Gasteiger partial charge is 0.255 e. The van der Waals surface area contributed by atoms with Gasteiger partial charge in [-0.15, -0.1) is 0 Å². The summed E-state index contributed by atoms with van der Waals surface area (Å²) in [7, 11) is 0. The normalized spacial score (nSPS) is 13.6. The Labute approximate surface area is 239 Å². The summed E-state index contributed by atoms with van der Waals surface area (Å²) in [6.45, 7) is 6.60. The molecule has 1 fully saturated rings. The van der Waals surface area contributed by atoms with E-state index in [9.17, 15) is 4.79 Å². The van der Waals surface area contributed by atoms with Gasteiger partial charge in [-0.2, -0.15) is 5.26 Å². The highest BCUT2D eigenvalue weighted by Gasteiger charge is 2.19. The average molecular weight is 539 g/mol. The Morgan fingerprint density at radius 3 is 2.51 bits per heavy atom. The molecule has 0 aliphatic carbocycles. The molecule has 7 heteroatoms. The molecule has 3 heterocycles. The summed E-state index contributed by atoms with van der Waals surface area (Å²) in [4.78, 5) is 27.0. The maximum Gasteiger partial charge on any atom is 0.255 e. The predicted octanol–water partition coefficient (Wildman–Crippen LogP) is 6.05. The average Bonchev–Trinajstić information content (AvgIpc) is 3.02. The molecule has 0 atom stereocenters. The number of hydrogen-bond donors (Lipinski definition) is 1. The minimum Gasteiger partial charge on any atom is -0.354 e. The van der Waals surface area contributed by atoms with Crippen LogP contribution < -0.4 is 10.2 Å². The van der Waals surface area contributed by atoms with E-state index in [1.807, 2.05) is 61.7 Å². The van der Waals surface area contributed by atoms with Crippen LogP contribution in [0.3, 0.4) is 0 Å². The number of nitriles is 1. The lowest BCUT2D eigenvalue weighted by molar-refractivity contribution is 0.102. The number of benzene rings is 3. The zero-order chi connectivity index (χ0) is 28.2. The first kappa shape index (κ1) is 26.2. The van der Waals surface area contributed by atoms with Crippen LogP contribution in [0.5, 0.6) is 0 Å². The van der Waals surface area contributed by atoms with E-state index >= 15 is 0 Å². The molecular weight excluding hydrogens is 508 g/mol. The predicted molar refractivity (Wildman–Crippen MR) is 163 cm³/mol. The van der Waals surface area contributed by atoms with Crippen molar-refractivity contribution in [1.82, 2.24) is 14.9 Å². The molecule has 202 valence electrons. The first-order chi connectivity index (χ1) is 20.1. The Kier molecular flexibility index (Phi) is 7.40. The molecule has 0 radical (unpaired) electrons. The van der Waals surface area contributed by atoms with Crippen LogP contribution in [0.15, 0.2) is 97.3 Å². The highest BCUT2D eigenvalue weighted by Crippen LogP contribution is 2.26. The summed E-state index contributed by atoms with van der Waals surface area (Å²) in [5.74, 6) is 0.724. The molecule has 41 heavy (non-hydrogen) atoms. The Hall–Kier alpha value is -5.06. The van der Waals surface area contributed by atoms with Crippen molar-refractivity contribution in [3.8, 4) is 17.2 Å². The van der Waals surface area contributed by atoms with Gasteiger partial charge < -0.3 is 10.2 Å². The molecule has 1 N–H and O–H groups in total. The van der Waals surface area contributed by atoms with E-state index in [4.69, 9.17) is 5.26 Å². The van der Waals surface area contributed by atoms with Gasteiger partial charge >= 0.3 is 0 Å². The summed E-state index contributed by atoms with van der Waals surface area (Å²) in [6.07, 6.45) is 3.56. The number of piperazine rings is 1. The molecule has 6 rings (SSSR count). The molecule has 2 aromatic heterocycles. The topological polar surface area (TPSA) is 85.2 Å². The summed E-state index contributed by atoms with van der Waals surface area (Å²) in [6, 6.07) is 29.6. The van der Waals surface area contributed by atoms with Crippen LogP contribution in [0.1, 0.15) is 27.0 Å². The number of pyridine rings is 2. The number of carbonyl (C=O) groups excluding carboxylic acids is 1. The van der Waals surface area contributed by atoms with Gasteiger partial charge in [0.15, 0.2) is 0 Å². The molecule has 1 aliphatic rings. The molecule has 1 amide bonds. The molecule has 3 aromatic carbocycles. The van der Waals surface area contributed by atoms with Gasteiger partial charge in [0.25, 0.3) is 5.91 Å². The van der Waals surface area contributed by atoms with Gasteiger partial charge in [-0.3, -0.25) is 14.7 Å². The van der Waals surface area contributed by atoms with E-state index in [0.29, 0.717) is 16.8 Å². The van der Waals surface area contributed by atoms with E-state index in [1.54, 1.807) is 18.3 Å². The third-order valence-electron chi connectivity index (χ3n) is 7.66. The number of nitrogens with zero attached hydrogens (tertiary/aromatic N) is 5. The highest BCUT2D eigenvalue weighted by molar-refractivity contribution is 6.05. The molecule has 5 aromatic rings. The van der Waals surface area contributed by atoms with Crippen LogP contribution in [0.2, 0.25) is 0 Å². The zero-order valence-electron chi connectivity index (χ0n) is 22.9. The standard InChI is InChI=1S/C34H30N6O/c1-24-7-10-27(20-31(24)26-11-8-25(21-35)9-12-26)34(41)38-29-13-14-33(37-22-29)40-18-16-39(17-19-40)23-28-4-2-6-32-30(28)5-3-15-36-32/h2-15,20,22H,16-19,23H2,1H3,(H,38,41). The number of aromatic nitrogens is 2. The van der Waals surface area contributed by atoms with Crippen molar-refractivity contribution in [2.45, 2.75) is 13.5 Å². The summed E-state index contributed by atoms with van der Waals surface area (Å²) < 4.78 is 0. The first-order valence-corrected chi connectivity index (χ1v) is 13.8. The Morgan fingerprint density at radius 1 is 0.927 bits per heavy atom. The van der Waals surface area contributed by atoms with Crippen LogP contribution in [0.4, 0.5) is 11.5 Å². The number of hydrogen-bond acceptors (Lipinski definition) is 6. The molecule has 1 saturated heterocycles. The lowest BCUT2D eigenvalue weighted by Crippen LogP contribution is -2.46. The van der Waals surface area contributed by atoms with Gasteiger partial charge in [-0.05, 0) is 77.7 Å². The SMILES string of the molecule is Cc1ccc(C(=O)Nc2ccc(N3CCN(Cc4cccc5ncccc45)CC3)nc2)cc1-c1ccc(C#N)cc1. The second kappa shape index (κ2) is 11.6. The van der Waals surface area contributed by atoms with Crippen LogP contribution in [0.25, 0.3) is 22.0 Å². The first-order valence-electron chi connectivity index (χ1n) is 13.8. The molecule has 1 aliphatic heterocycles. The minimum atomic E-state index is -0.188. The second-order valence-corrected chi connectivity index (χ2v) is 10.3. The van der Waals surface area contributed by atoms with E-state index in [1.165, 1.54) is 10.9 Å². The van der Waals surface area contributed by atoms with Crippen molar-refractivity contribution >= 4 is 28.3 Å².